The van der Waals surface area contributed by atoms with Crippen LogP contribution in [-0.2, 0) is 22.0 Å². The summed E-state index contributed by atoms with van der Waals surface area (Å²) in [6, 6.07) is 19.9. The molecule has 0 N–H and O–H groups in total. The molecule has 3 heterocycles. The Bertz CT molecular complexity index is 1350. The quantitative estimate of drug-likeness (QED) is 0.351. The molecule has 0 bridgehead atoms. The summed E-state index contributed by atoms with van der Waals surface area (Å²) >= 11 is 0. The fraction of sp³-hybridized carbons (Fsp3) is 0.469. The Morgan fingerprint density at radius 2 is 1.68 bits per heavy atom. The van der Waals surface area contributed by atoms with Gasteiger partial charge in [0.05, 0.1) is 11.4 Å². The lowest BCUT2D eigenvalue weighted by atomic mass is 9.81. The van der Waals surface area contributed by atoms with Crippen LogP contribution in [0.15, 0.2) is 66.9 Å². The first-order chi connectivity index (χ1) is 18.1. The van der Waals surface area contributed by atoms with Gasteiger partial charge >= 0.3 is 0 Å². The molecule has 38 heavy (non-hydrogen) atoms. The van der Waals surface area contributed by atoms with E-state index >= 15 is 0 Å². The Balaban J connectivity index is 1.27. The van der Waals surface area contributed by atoms with E-state index in [4.69, 9.17) is 4.74 Å². The number of rotatable bonds is 6. The van der Waals surface area contributed by atoms with E-state index < -0.39 is 15.1 Å². The average Bonchev–Trinajstić information content (AvgIpc) is 2.89. The van der Waals surface area contributed by atoms with E-state index in [1.54, 1.807) is 12.3 Å². The van der Waals surface area contributed by atoms with Crippen LogP contribution in [-0.4, -0.2) is 42.5 Å². The molecule has 2 aromatic carbocycles. The van der Waals surface area contributed by atoms with Crippen molar-refractivity contribution in [3.05, 3.63) is 83.7 Å². The number of pyridine rings is 1. The fourth-order valence-electron chi connectivity index (χ4n) is 5.98. The zero-order chi connectivity index (χ0) is 27.0. The van der Waals surface area contributed by atoms with E-state index in [9.17, 15) is 8.42 Å². The molecule has 1 atom stereocenters. The van der Waals surface area contributed by atoms with E-state index in [1.165, 1.54) is 5.56 Å². The van der Waals surface area contributed by atoms with Crippen molar-refractivity contribution in [2.45, 2.75) is 81.9 Å². The number of aryl methyl sites for hydroxylation is 1. The number of likely N-dealkylation sites (tertiary alicyclic amines) is 1. The number of aromatic nitrogens is 1. The minimum Gasteiger partial charge on any atom is -0.487 e. The molecule has 1 spiro atoms. The predicted octanol–water partition coefficient (Wildman–Crippen LogP) is 6.77. The highest BCUT2D eigenvalue weighted by Gasteiger charge is 2.41. The molecule has 3 aromatic rings. The minimum atomic E-state index is -3.38. The molecule has 0 amide bonds. The topological polar surface area (TPSA) is 59.5 Å². The first-order valence-corrected chi connectivity index (χ1v) is 15.6. The van der Waals surface area contributed by atoms with Crippen molar-refractivity contribution in [2.75, 3.05) is 13.1 Å². The van der Waals surface area contributed by atoms with Gasteiger partial charge < -0.3 is 4.74 Å². The van der Waals surface area contributed by atoms with Crippen LogP contribution in [0.25, 0.3) is 11.1 Å². The predicted molar refractivity (Wildman–Crippen MR) is 154 cm³/mol. The smallest absolute Gasteiger partial charge is 0.162 e. The normalized spacial score (nSPS) is 18.5. The van der Waals surface area contributed by atoms with Gasteiger partial charge in [0.1, 0.15) is 16.6 Å². The summed E-state index contributed by atoms with van der Waals surface area (Å²) in [5, 5.41) is -0.590. The Morgan fingerprint density at radius 3 is 2.32 bits per heavy atom. The minimum absolute atomic E-state index is 0.00904. The van der Waals surface area contributed by atoms with Gasteiger partial charge in [0.15, 0.2) is 9.84 Å². The van der Waals surface area contributed by atoms with Gasteiger partial charge in [-0.05, 0) is 99.4 Å². The molecular weight excluding hydrogens is 492 g/mol. The van der Waals surface area contributed by atoms with Crippen molar-refractivity contribution >= 4 is 9.84 Å². The third kappa shape index (κ3) is 5.67. The van der Waals surface area contributed by atoms with Crippen molar-refractivity contribution in [3.8, 4) is 16.9 Å². The van der Waals surface area contributed by atoms with Crippen molar-refractivity contribution in [1.82, 2.24) is 9.88 Å². The maximum absolute atomic E-state index is 13.2. The molecule has 0 radical (unpaired) electrons. The summed E-state index contributed by atoms with van der Waals surface area (Å²) < 4.78 is 33.0. The molecule has 202 valence electrons. The Kier molecular flexibility index (Phi) is 7.40. The second-order valence-electron chi connectivity index (χ2n) is 11.9. The number of nitrogens with zero attached hydrogens (tertiary/aromatic N) is 2. The summed E-state index contributed by atoms with van der Waals surface area (Å²) in [4.78, 5) is 6.86. The average molecular weight is 533 g/mol. The SMILES string of the molecule is CCC(c1ccccn1)S(=O)(=O)Cc1ccc(-c2ccc3c(c2)CCC2(CCN(C(C)(C)C)CC2)O3)cc1. The highest BCUT2D eigenvalue weighted by atomic mass is 32.2. The van der Waals surface area contributed by atoms with Crippen molar-refractivity contribution < 1.29 is 13.2 Å². The lowest BCUT2D eigenvalue weighted by Crippen LogP contribution is -2.54. The van der Waals surface area contributed by atoms with Crippen LogP contribution >= 0.6 is 0 Å². The molecule has 1 unspecified atom stereocenters. The molecule has 2 aliphatic heterocycles. The molecule has 1 aromatic heterocycles. The second-order valence-corrected chi connectivity index (χ2v) is 14.1. The summed E-state index contributed by atoms with van der Waals surface area (Å²) in [6.07, 6.45) is 6.41. The third-order valence-electron chi connectivity index (χ3n) is 8.34. The molecule has 1 saturated heterocycles. The molecule has 2 aliphatic rings. The van der Waals surface area contributed by atoms with Gasteiger partial charge in [-0.1, -0.05) is 43.3 Å². The van der Waals surface area contributed by atoms with Crippen LogP contribution in [0, 0.1) is 0 Å². The van der Waals surface area contributed by atoms with Gasteiger partial charge in [-0.2, -0.15) is 0 Å². The van der Waals surface area contributed by atoms with Gasteiger partial charge in [0.2, 0.25) is 0 Å². The maximum Gasteiger partial charge on any atom is 0.162 e. The van der Waals surface area contributed by atoms with E-state index in [1.807, 2.05) is 43.3 Å². The zero-order valence-corrected chi connectivity index (χ0v) is 23.9. The zero-order valence-electron chi connectivity index (χ0n) is 23.1. The number of hydrogen-bond donors (Lipinski definition) is 0. The van der Waals surface area contributed by atoms with Crippen molar-refractivity contribution in [1.29, 1.82) is 0 Å². The van der Waals surface area contributed by atoms with E-state index in [0.717, 1.165) is 61.2 Å². The molecular formula is C32H40N2O3S. The summed E-state index contributed by atoms with van der Waals surface area (Å²) in [6.45, 7) is 10.9. The number of hydrogen-bond acceptors (Lipinski definition) is 5. The molecule has 1 fully saturated rings. The van der Waals surface area contributed by atoms with Gasteiger partial charge in [-0.25, -0.2) is 8.42 Å². The second kappa shape index (κ2) is 10.5. The number of sulfone groups is 1. The fourth-order valence-corrected chi connectivity index (χ4v) is 7.85. The summed E-state index contributed by atoms with van der Waals surface area (Å²) in [5.41, 5.74) is 5.08. The molecule has 5 nitrogen and oxygen atoms in total. The molecule has 0 aliphatic carbocycles. The first-order valence-electron chi connectivity index (χ1n) is 13.9. The Hall–Kier alpha value is -2.70. The van der Waals surface area contributed by atoms with E-state index in [0.29, 0.717) is 12.1 Å². The van der Waals surface area contributed by atoms with Crippen molar-refractivity contribution in [3.63, 3.8) is 0 Å². The van der Waals surface area contributed by atoms with E-state index in [-0.39, 0.29) is 16.9 Å². The van der Waals surface area contributed by atoms with Gasteiger partial charge in [0.25, 0.3) is 0 Å². The largest absolute Gasteiger partial charge is 0.487 e. The van der Waals surface area contributed by atoms with Crippen LogP contribution in [0.1, 0.15) is 75.4 Å². The highest BCUT2D eigenvalue weighted by Crippen LogP contribution is 2.41. The first kappa shape index (κ1) is 26.9. The van der Waals surface area contributed by atoms with Crippen LogP contribution in [0.4, 0.5) is 0 Å². The lowest BCUT2D eigenvalue weighted by molar-refractivity contribution is -0.0355. The third-order valence-corrected chi connectivity index (χ3v) is 10.5. The summed E-state index contributed by atoms with van der Waals surface area (Å²) in [7, 11) is -3.38. The number of ether oxygens (including phenoxy) is 1. The Morgan fingerprint density at radius 1 is 0.974 bits per heavy atom. The highest BCUT2D eigenvalue weighted by molar-refractivity contribution is 7.90. The summed E-state index contributed by atoms with van der Waals surface area (Å²) in [5.74, 6) is 1.03. The van der Waals surface area contributed by atoms with Gasteiger partial charge in [-0.15, -0.1) is 0 Å². The van der Waals surface area contributed by atoms with Crippen LogP contribution in [0.3, 0.4) is 0 Å². The maximum atomic E-state index is 13.2. The molecule has 0 saturated carbocycles. The van der Waals surface area contributed by atoms with E-state index in [2.05, 4.69) is 48.9 Å². The molecule has 6 heteroatoms. The van der Waals surface area contributed by atoms with Crippen LogP contribution < -0.4 is 4.74 Å². The van der Waals surface area contributed by atoms with Gasteiger partial charge in [-0.3, -0.25) is 9.88 Å². The number of piperidine rings is 1. The van der Waals surface area contributed by atoms with Crippen LogP contribution in [0.2, 0.25) is 0 Å². The number of benzene rings is 2. The Labute approximate surface area is 228 Å². The van der Waals surface area contributed by atoms with Crippen LogP contribution in [0.5, 0.6) is 5.75 Å². The number of fused-ring (bicyclic) bond motifs is 1. The van der Waals surface area contributed by atoms with Crippen molar-refractivity contribution in [2.24, 2.45) is 0 Å². The molecule has 5 rings (SSSR count). The van der Waals surface area contributed by atoms with Gasteiger partial charge in [0, 0.05) is 24.8 Å². The lowest BCUT2D eigenvalue weighted by Gasteiger charge is -2.48. The standard InChI is InChI=1S/C32H40N2O3S/c1-5-30(28-8-6-7-19-33-28)38(35,36)23-24-9-11-25(12-10-24)26-13-14-29-27(22-26)15-16-32(37-29)17-20-34(21-18-32)31(2,3)4/h6-14,19,22,30H,5,15-18,20-21,23H2,1-4H3. The monoisotopic (exact) mass is 532 g/mol.